The van der Waals surface area contributed by atoms with Crippen LogP contribution in [0.25, 0.3) is 238 Å². The smallest absolute Gasteiger partial charge is 0.307 e. The van der Waals surface area contributed by atoms with Gasteiger partial charge in [0.15, 0.2) is 0 Å². The second-order valence-electron chi connectivity index (χ2n) is 34.5. The summed E-state index contributed by atoms with van der Waals surface area (Å²) in [4.78, 5) is 42.3. The summed E-state index contributed by atoms with van der Waals surface area (Å²) >= 11 is 0. The van der Waals surface area contributed by atoms with Crippen LogP contribution in [0.3, 0.4) is 0 Å². The van der Waals surface area contributed by atoms with Crippen molar-refractivity contribution in [1.29, 1.82) is 5.26 Å². The number of aromatic nitrogens is 12. The number of rotatable bonds is 13. The van der Waals surface area contributed by atoms with Gasteiger partial charge in [0, 0.05) is 96.9 Å². The highest BCUT2D eigenvalue weighted by Gasteiger charge is 2.42. The molecule has 141 heavy (non-hydrogen) atoms. The minimum absolute atomic E-state index is 0.207. The van der Waals surface area contributed by atoms with E-state index < -0.39 is 34.7 Å². The molecule has 19 heteroatoms. The molecular formula is C122H73F6N13. The first kappa shape index (κ1) is 85.1. The summed E-state index contributed by atoms with van der Waals surface area (Å²) in [5.41, 5.74) is 17.9. The molecule has 12 heterocycles. The summed E-state index contributed by atoms with van der Waals surface area (Å²) in [6, 6.07) is 133. The first-order valence-electron chi connectivity index (χ1n) is 45.8. The molecule has 0 radical (unpaired) electrons. The summed E-state index contributed by atoms with van der Waals surface area (Å²) in [7, 11) is 0. The molecule has 0 saturated carbocycles. The van der Waals surface area contributed by atoms with Gasteiger partial charge in [-0.05, 0) is 240 Å². The minimum atomic E-state index is -5.07. The minimum Gasteiger partial charge on any atom is -0.307 e. The average Bonchev–Trinajstić information content (AvgIpc) is 1.50. The van der Waals surface area contributed by atoms with Gasteiger partial charge in [-0.1, -0.05) is 243 Å². The predicted octanol–water partition coefficient (Wildman–Crippen LogP) is 31.5. The Morgan fingerprint density at radius 2 is 0.702 bits per heavy atom. The monoisotopic (exact) mass is 1830 g/mol. The number of alkyl halides is 6. The molecule has 668 valence electrons. The van der Waals surface area contributed by atoms with Crippen LogP contribution in [0.15, 0.2) is 444 Å². The SMILES string of the molecule is FC(F)(F)c1cc(-n2c3ccccc3c3ccncc32)c(C(F)(F)F)cc1-c1cc(-c2ccc3ccc4cccc5ccc2c3c45)cc(-c2ccccn2)n1.N#Cc1cc(-c2cccc(-c3cccc(-c4cccc5ccccc45)n3)n2)cc(-n2c3ccccc3c3cccnc32)c1.c1ccc(-c2ccc(-c3cc(-c4ccc(-n5c6ccccc6c6cccnc65)cc4)nc(-c4ccccn4)c3)cc2)cc1. The van der Waals surface area contributed by atoms with Crippen molar-refractivity contribution < 1.29 is 26.3 Å². The van der Waals surface area contributed by atoms with Gasteiger partial charge in [-0.15, -0.1) is 0 Å². The largest absolute Gasteiger partial charge is 0.418 e. The average molecular weight is 1840 g/mol. The Labute approximate surface area is 802 Å². The van der Waals surface area contributed by atoms with Crippen LogP contribution in [-0.4, -0.2) is 58.6 Å². The van der Waals surface area contributed by atoms with E-state index in [4.69, 9.17) is 24.9 Å². The van der Waals surface area contributed by atoms with E-state index in [0.717, 1.165) is 155 Å². The van der Waals surface area contributed by atoms with Crippen LogP contribution in [-0.2, 0) is 12.4 Å². The third-order valence-electron chi connectivity index (χ3n) is 26.1. The van der Waals surface area contributed by atoms with Crippen molar-refractivity contribution in [2.24, 2.45) is 0 Å². The topological polar surface area (TPSA) is 155 Å². The maximum Gasteiger partial charge on any atom is 0.418 e. The van der Waals surface area contributed by atoms with Crippen LogP contribution in [0.4, 0.5) is 26.3 Å². The molecule has 0 fully saturated rings. The third-order valence-corrected chi connectivity index (χ3v) is 26.1. The van der Waals surface area contributed by atoms with Crippen molar-refractivity contribution in [3.05, 3.63) is 460 Å². The molecule has 0 bridgehead atoms. The molecule has 0 saturated heterocycles. The van der Waals surface area contributed by atoms with E-state index in [2.05, 4.69) is 217 Å². The second-order valence-corrected chi connectivity index (χ2v) is 34.5. The van der Waals surface area contributed by atoms with Gasteiger partial charge in [-0.3, -0.25) is 24.1 Å². The lowest BCUT2D eigenvalue weighted by Gasteiger charge is -2.22. The van der Waals surface area contributed by atoms with Crippen LogP contribution in [0.5, 0.6) is 0 Å². The van der Waals surface area contributed by atoms with E-state index in [1.807, 2.05) is 164 Å². The number of nitrogens with zero attached hydrogens (tertiary/aromatic N) is 13. The first-order valence-corrected chi connectivity index (χ1v) is 45.8. The van der Waals surface area contributed by atoms with Gasteiger partial charge in [0.2, 0.25) is 0 Å². The van der Waals surface area contributed by atoms with Crippen molar-refractivity contribution in [3.63, 3.8) is 0 Å². The highest BCUT2D eigenvalue weighted by Crippen LogP contribution is 2.49. The highest BCUT2D eigenvalue weighted by atomic mass is 19.4. The molecule has 0 unspecified atom stereocenters. The van der Waals surface area contributed by atoms with E-state index >= 15 is 26.3 Å². The number of hydrogen-bond acceptors (Lipinski definition) is 10. The highest BCUT2D eigenvalue weighted by molar-refractivity contribution is 6.26. The predicted molar refractivity (Wildman–Crippen MR) is 553 cm³/mol. The third kappa shape index (κ3) is 15.7. The lowest BCUT2D eigenvalue weighted by atomic mass is 9.89. The molecule has 0 aliphatic heterocycles. The summed E-state index contributed by atoms with van der Waals surface area (Å²) < 4.78 is 97.5. The lowest BCUT2D eigenvalue weighted by molar-refractivity contribution is -0.140. The Kier molecular flexibility index (Phi) is 21.2. The lowest BCUT2D eigenvalue weighted by Crippen LogP contribution is -2.16. The number of benzene rings is 14. The number of halogens is 6. The maximum absolute atomic E-state index is 15.4. The van der Waals surface area contributed by atoms with E-state index in [0.29, 0.717) is 50.8 Å². The zero-order valence-corrected chi connectivity index (χ0v) is 74.7. The van der Waals surface area contributed by atoms with E-state index in [9.17, 15) is 5.26 Å². The molecule has 0 aliphatic rings. The van der Waals surface area contributed by atoms with Crippen molar-refractivity contribution in [2.45, 2.75) is 12.4 Å². The Balaban J connectivity index is 0.000000116. The number of hydrogen-bond donors (Lipinski definition) is 0. The zero-order valence-electron chi connectivity index (χ0n) is 74.7. The summed E-state index contributed by atoms with van der Waals surface area (Å²) in [6.07, 6.45) is -0.276. The van der Waals surface area contributed by atoms with Crippen LogP contribution >= 0.6 is 0 Å². The summed E-state index contributed by atoms with van der Waals surface area (Å²) in [5.74, 6) is 0. The normalized spacial score (nSPS) is 11.8. The van der Waals surface area contributed by atoms with E-state index in [1.165, 1.54) is 51.1 Å². The van der Waals surface area contributed by atoms with Crippen molar-refractivity contribution in [1.82, 2.24) is 58.6 Å². The van der Waals surface area contributed by atoms with E-state index in [1.54, 1.807) is 60.8 Å². The fraction of sp³-hybridized carbons (Fsp3) is 0.0164. The first-order chi connectivity index (χ1) is 69.1. The summed E-state index contributed by atoms with van der Waals surface area (Å²) in [5, 5.41) is 23.9. The zero-order chi connectivity index (χ0) is 95.0. The Morgan fingerprint density at radius 3 is 1.35 bits per heavy atom. The van der Waals surface area contributed by atoms with Gasteiger partial charge >= 0.3 is 12.4 Å². The Hall–Kier alpha value is -18.8. The molecule has 12 aromatic heterocycles. The van der Waals surface area contributed by atoms with Crippen LogP contribution < -0.4 is 0 Å². The molecular weight excluding hydrogens is 1760 g/mol. The molecule has 13 nitrogen and oxygen atoms in total. The molecule has 26 rings (SSSR count). The van der Waals surface area contributed by atoms with Gasteiger partial charge in [-0.2, -0.15) is 31.6 Å². The van der Waals surface area contributed by atoms with Crippen molar-refractivity contribution in [2.75, 3.05) is 0 Å². The number of nitriles is 1. The van der Waals surface area contributed by atoms with Gasteiger partial charge in [0.1, 0.15) is 11.3 Å². The molecule has 0 amide bonds. The molecule has 0 spiro atoms. The maximum atomic E-state index is 15.4. The fourth-order valence-corrected chi connectivity index (χ4v) is 19.7. The van der Waals surface area contributed by atoms with Gasteiger partial charge < -0.3 is 4.57 Å². The number of para-hydroxylation sites is 3. The van der Waals surface area contributed by atoms with Crippen molar-refractivity contribution >= 4 is 109 Å². The van der Waals surface area contributed by atoms with Crippen LogP contribution in [0, 0.1) is 11.3 Å². The molecule has 14 aromatic carbocycles. The number of fused-ring (bicyclic) bond motifs is 10. The quantitative estimate of drug-likeness (QED) is 0.0805. The van der Waals surface area contributed by atoms with Crippen LogP contribution in [0.2, 0.25) is 0 Å². The van der Waals surface area contributed by atoms with Crippen molar-refractivity contribution in [3.8, 4) is 136 Å². The molecule has 0 N–H and O–H groups in total. The van der Waals surface area contributed by atoms with Crippen LogP contribution in [0.1, 0.15) is 16.7 Å². The second kappa shape index (κ2) is 35.1. The Morgan fingerprint density at radius 1 is 0.234 bits per heavy atom. The molecule has 26 aromatic rings. The fourth-order valence-electron chi connectivity index (χ4n) is 19.7. The summed E-state index contributed by atoms with van der Waals surface area (Å²) in [6.45, 7) is 0. The van der Waals surface area contributed by atoms with Gasteiger partial charge in [0.25, 0.3) is 0 Å². The standard InChI is InChI=1S/C45H24F6N4.C39H26N4.C38H23N5/c46-44(47,48)34-23-40(55-39-10-2-1-8-30(39)31-17-19-52-24-41(31)55)35(45(49,50)51)22-33(34)37-20-28(21-38(54-37)36-9-3-4-18-53-36)29-15-13-27-12-11-25-6-5-7-26-14-16-32(29)43(27)42(25)26;1-2-9-27(10-3-1)28-15-17-29(18-16-28)31-25-36(42-37(26-31)35-13-6-7-23-40-35)30-19-21-32(22-20-30)43-38-14-5-4-11-33(38)34-12-8-24-41-39(34)43;39-24-25-21-27(23-28(22-25)43-37-19-4-3-12-31(37)32-14-8-20-40-38(32)43)33-15-6-17-35(41-33)36-18-7-16-34(42-36)30-13-5-10-26-9-1-2-11-29(26)30/h1-24H;1-26H;1-23H. The molecule has 0 atom stereocenters. The Bertz CT molecular complexity index is 9240. The molecule has 0 aliphatic carbocycles. The van der Waals surface area contributed by atoms with Gasteiger partial charge in [0.05, 0.1) is 114 Å². The van der Waals surface area contributed by atoms with Gasteiger partial charge in [-0.25, -0.2) is 29.9 Å². The van der Waals surface area contributed by atoms with E-state index in [-0.39, 0.29) is 16.9 Å². The number of pyridine rings is 9.